The van der Waals surface area contributed by atoms with E-state index in [0.717, 1.165) is 5.56 Å². The van der Waals surface area contributed by atoms with Crippen LogP contribution in [-0.2, 0) is 20.7 Å². The van der Waals surface area contributed by atoms with Gasteiger partial charge in [-0.15, -0.1) is 0 Å². The number of ether oxygens (including phenoxy) is 1. The number of benzene rings is 2. The number of fused-ring (bicyclic) bond motifs is 3. The molecule has 2 fully saturated rings. The molecule has 10 heteroatoms. The molecule has 0 bridgehead atoms. The van der Waals surface area contributed by atoms with Crippen LogP contribution >= 0.6 is 0 Å². The van der Waals surface area contributed by atoms with Crippen LogP contribution in [0.5, 0.6) is 5.75 Å². The smallest absolute Gasteiger partial charge is 0.337 e. The first-order valence-corrected chi connectivity index (χ1v) is 15.4. The number of rotatable bonds is 5. The topological polar surface area (TPSA) is 184 Å². The third-order valence-electron chi connectivity index (χ3n) is 11.1. The molecule has 2 aromatic rings. The van der Waals surface area contributed by atoms with Gasteiger partial charge in [0.05, 0.1) is 30.3 Å². The molecular formula is C35H43NO9. The van der Waals surface area contributed by atoms with Crippen LogP contribution in [0.15, 0.2) is 30.3 Å². The summed E-state index contributed by atoms with van der Waals surface area (Å²) in [5.74, 6) is -7.94. The van der Waals surface area contributed by atoms with Gasteiger partial charge in [0.25, 0.3) is 0 Å². The highest BCUT2D eigenvalue weighted by molar-refractivity contribution is 6.10. The van der Waals surface area contributed by atoms with Crippen molar-refractivity contribution in [2.24, 2.45) is 40.2 Å². The van der Waals surface area contributed by atoms with Gasteiger partial charge in [-0.2, -0.15) is 0 Å². The first-order chi connectivity index (χ1) is 20.9. The summed E-state index contributed by atoms with van der Waals surface area (Å²) in [6.07, 6.45) is -3.11. The third-order valence-corrected chi connectivity index (χ3v) is 11.1. The van der Waals surface area contributed by atoms with Gasteiger partial charge < -0.3 is 30.9 Å². The number of methoxy groups -OCH3 is 1. The molecule has 0 radical (unpaired) electrons. The molecule has 3 aliphatic rings. The number of aromatic hydroxyl groups is 1. The van der Waals surface area contributed by atoms with Crippen LogP contribution in [0.3, 0.4) is 0 Å². The minimum Gasteiger partial charge on any atom is -0.507 e. The number of Topliss-reactive ketones (excluding diaryl/α,β-unsaturated/α-hetero) is 2. The van der Waals surface area contributed by atoms with E-state index >= 15 is 0 Å². The summed E-state index contributed by atoms with van der Waals surface area (Å²) in [5.41, 5.74) is 3.24. The van der Waals surface area contributed by atoms with E-state index in [1.165, 1.54) is 7.11 Å². The molecule has 242 valence electrons. The highest BCUT2D eigenvalue weighted by Crippen LogP contribution is 2.66. The fraction of sp³-hybridized carbons (Fsp3) is 0.543. The normalized spacial score (nSPS) is 34.3. The van der Waals surface area contributed by atoms with Crippen LogP contribution in [0.25, 0.3) is 11.1 Å². The molecule has 10 nitrogen and oxygen atoms in total. The molecule has 0 spiro atoms. The largest absolute Gasteiger partial charge is 0.507 e. The Kier molecular flexibility index (Phi) is 7.83. The summed E-state index contributed by atoms with van der Waals surface area (Å²) in [7, 11) is 1.28. The van der Waals surface area contributed by atoms with Gasteiger partial charge >= 0.3 is 5.97 Å². The van der Waals surface area contributed by atoms with E-state index < -0.39 is 69.8 Å². The Bertz CT molecular complexity index is 1600. The Morgan fingerprint density at radius 2 is 1.64 bits per heavy atom. The quantitative estimate of drug-likeness (QED) is 0.247. The van der Waals surface area contributed by atoms with Crippen molar-refractivity contribution in [2.45, 2.75) is 78.1 Å². The Morgan fingerprint density at radius 3 is 2.16 bits per heavy atom. The van der Waals surface area contributed by atoms with Crippen LogP contribution in [-0.4, -0.2) is 68.8 Å². The van der Waals surface area contributed by atoms with E-state index in [4.69, 9.17) is 10.5 Å². The molecular weight excluding hydrogens is 578 g/mol. The maximum absolute atomic E-state index is 14.6. The second kappa shape index (κ2) is 10.7. The number of carbonyl (C=O) groups excluding carboxylic acids is 4. The summed E-state index contributed by atoms with van der Waals surface area (Å²) in [6, 6.07) is 8.22. The average Bonchev–Trinajstić information content (AvgIpc) is 2.94. The number of nitrogens with two attached hydrogens (primary N) is 1. The molecule has 6 N–H and O–H groups in total. The fourth-order valence-corrected chi connectivity index (χ4v) is 9.27. The number of aliphatic hydroxyl groups is 3. The maximum atomic E-state index is 14.6. The van der Waals surface area contributed by atoms with Gasteiger partial charge in [-0.25, -0.2) is 4.79 Å². The Morgan fingerprint density at radius 1 is 1.04 bits per heavy atom. The molecule has 45 heavy (non-hydrogen) atoms. The Balaban J connectivity index is 1.72. The number of ketones is 2. The molecule has 8 atom stereocenters. The number of phenols is 1. The fourth-order valence-electron chi connectivity index (χ4n) is 9.27. The summed E-state index contributed by atoms with van der Waals surface area (Å²) in [4.78, 5) is 53.0. The van der Waals surface area contributed by atoms with E-state index in [9.17, 15) is 39.6 Å². The van der Waals surface area contributed by atoms with E-state index in [0.29, 0.717) is 22.3 Å². The standard InChI is InChI=1S/C35H43NO9/c1-15(2)19-12-20(17-8-10-18(11-9-17)32(43)45-7)26(37)22-21(19)13-33(5)14-34(6)24(16(3)4)28(39)23(31(36)42)29(40)35(34,44)30(41)25(33)27(22)38/h8-12,15-16,23-25,28,30,37,39,41,44H,13-14H2,1-7H3,(H2,36,42)/t23-,24+,25-,28?,30?,33-,34-,35+/m1/s1. The Hall–Kier alpha value is -3.60. The molecule has 0 heterocycles. The lowest BCUT2D eigenvalue weighted by atomic mass is 9.39. The number of phenolic OH excluding ortho intramolecular Hbond substituents is 1. The molecule has 0 aromatic heterocycles. The number of amides is 1. The molecule has 2 saturated carbocycles. The molecule has 5 rings (SSSR count). The summed E-state index contributed by atoms with van der Waals surface area (Å²) in [5, 5.41) is 47.4. The summed E-state index contributed by atoms with van der Waals surface area (Å²) < 4.78 is 4.78. The van der Waals surface area contributed by atoms with Crippen LogP contribution in [0.4, 0.5) is 0 Å². The highest BCUT2D eigenvalue weighted by atomic mass is 16.5. The lowest BCUT2D eigenvalue weighted by Gasteiger charge is -2.66. The number of primary amides is 1. The van der Waals surface area contributed by atoms with E-state index in [1.807, 2.05) is 40.7 Å². The average molecular weight is 622 g/mol. The zero-order chi connectivity index (χ0) is 33.5. The predicted octanol–water partition coefficient (Wildman–Crippen LogP) is 3.15. The van der Waals surface area contributed by atoms with Crippen LogP contribution in [0.2, 0.25) is 0 Å². The van der Waals surface area contributed by atoms with Gasteiger partial charge in [-0.3, -0.25) is 14.4 Å². The second-order valence-electron chi connectivity index (χ2n) is 14.4. The van der Waals surface area contributed by atoms with Crippen molar-refractivity contribution in [3.05, 3.63) is 52.6 Å². The van der Waals surface area contributed by atoms with Gasteiger partial charge in [0.2, 0.25) is 5.91 Å². The number of aliphatic hydroxyl groups excluding tert-OH is 2. The molecule has 2 aromatic carbocycles. The van der Waals surface area contributed by atoms with E-state index in [2.05, 4.69) is 0 Å². The number of hydrogen-bond acceptors (Lipinski definition) is 9. The molecule has 0 aliphatic heterocycles. The minimum atomic E-state index is -2.57. The van der Waals surface area contributed by atoms with Gasteiger partial charge in [-0.1, -0.05) is 53.7 Å². The first-order valence-electron chi connectivity index (χ1n) is 15.4. The van der Waals surface area contributed by atoms with Gasteiger partial charge in [-0.05, 0) is 70.9 Å². The molecule has 1 amide bonds. The van der Waals surface area contributed by atoms with Crippen molar-refractivity contribution in [1.82, 2.24) is 0 Å². The minimum absolute atomic E-state index is 0.0112. The SMILES string of the molecule is COC(=O)c1ccc(-c2cc(C(C)C)c3c(c2O)C(=O)[C@@H]2C(O)[C@@]4(O)C(=O)[C@H](C(N)=O)C(O)[C@H](C(C)C)[C@@]4(C)C[C@@]2(C)C3)cc1. The monoisotopic (exact) mass is 621 g/mol. The van der Waals surface area contributed by atoms with Crippen LogP contribution < -0.4 is 5.73 Å². The van der Waals surface area contributed by atoms with Crippen molar-refractivity contribution < 1.29 is 44.3 Å². The number of carbonyl (C=O) groups is 4. The number of hydrogen-bond donors (Lipinski definition) is 5. The Labute approximate surface area is 262 Å². The zero-order valence-corrected chi connectivity index (χ0v) is 26.7. The van der Waals surface area contributed by atoms with Crippen LogP contribution in [0, 0.1) is 34.5 Å². The molecule has 3 aliphatic carbocycles. The van der Waals surface area contributed by atoms with Crippen molar-refractivity contribution in [3.63, 3.8) is 0 Å². The van der Waals surface area contributed by atoms with Crippen molar-refractivity contribution in [1.29, 1.82) is 0 Å². The molecule has 0 saturated heterocycles. The van der Waals surface area contributed by atoms with Crippen molar-refractivity contribution >= 4 is 23.4 Å². The number of esters is 1. The van der Waals surface area contributed by atoms with E-state index in [1.54, 1.807) is 31.2 Å². The zero-order valence-electron chi connectivity index (χ0n) is 26.7. The third kappa shape index (κ3) is 4.40. The van der Waals surface area contributed by atoms with E-state index in [-0.39, 0.29) is 36.0 Å². The summed E-state index contributed by atoms with van der Waals surface area (Å²) >= 11 is 0. The van der Waals surface area contributed by atoms with Gasteiger partial charge in [0.1, 0.15) is 17.8 Å². The molecule has 2 unspecified atom stereocenters. The van der Waals surface area contributed by atoms with Crippen molar-refractivity contribution in [3.8, 4) is 16.9 Å². The van der Waals surface area contributed by atoms with Crippen molar-refractivity contribution in [2.75, 3.05) is 7.11 Å². The van der Waals surface area contributed by atoms with Gasteiger partial charge in [0.15, 0.2) is 17.2 Å². The lowest BCUT2D eigenvalue weighted by Crippen LogP contribution is -2.79. The second-order valence-corrected chi connectivity index (χ2v) is 14.4. The first kappa shape index (κ1) is 32.8. The lowest BCUT2D eigenvalue weighted by molar-refractivity contribution is -0.265. The predicted molar refractivity (Wildman–Crippen MR) is 164 cm³/mol. The summed E-state index contributed by atoms with van der Waals surface area (Å²) in [6.45, 7) is 11.0. The van der Waals surface area contributed by atoms with Gasteiger partial charge in [0, 0.05) is 11.0 Å². The highest BCUT2D eigenvalue weighted by Gasteiger charge is 2.76. The maximum Gasteiger partial charge on any atom is 0.337 e. The van der Waals surface area contributed by atoms with Crippen LogP contribution in [0.1, 0.15) is 85.7 Å².